The van der Waals surface area contributed by atoms with Crippen molar-refractivity contribution in [3.8, 4) is 0 Å². The molecular formula is C13H12BrN3O2. The van der Waals surface area contributed by atoms with Gasteiger partial charge in [0.2, 0.25) is 0 Å². The Kier molecular flexibility index (Phi) is 3.80. The number of aryl methyl sites for hydroxylation is 2. The lowest BCUT2D eigenvalue weighted by Gasteiger charge is -2.07. The van der Waals surface area contributed by atoms with Crippen molar-refractivity contribution in [3.63, 3.8) is 0 Å². The molecular weight excluding hydrogens is 310 g/mol. The first-order valence-electron chi connectivity index (χ1n) is 5.57. The van der Waals surface area contributed by atoms with E-state index < -0.39 is 0 Å². The molecule has 1 amide bonds. The summed E-state index contributed by atoms with van der Waals surface area (Å²) in [5.41, 5.74) is 1.70. The summed E-state index contributed by atoms with van der Waals surface area (Å²) in [6.45, 7) is 1.85. The van der Waals surface area contributed by atoms with Gasteiger partial charge in [-0.3, -0.25) is 14.6 Å². The van der Waals surface area contributed by atoms with Crippen LogP contribution in [0.25, 0.3) is 0 Å². The predicted octanol–water partition coefficient (Wildman–Crippen LogP) is 2.10. The van der Waals surface area contributed by atoms with Gasteiger partial charge in [-0.2, -0.15) is 0 Å². The van der Waals surface area contributed by atoms with Gasteiger partial charge in [0.15, 0.2) is 0 Å². The van der Waals surface area contributed by atoms with Crippen molar-refractivity contribution in [1.82, 2.24) is 9.55 Å². The molecule has 1 N–H and O–H groups in total. The summed E-state index contributed by atoms with van der Waals surface area (Å²) in [5.74, 6) is -0.266. The number of amides is 1. The Labute approximate surface area is 118 Å². The summed E-state index contributed by atoms with van der Waals surface area (Å²) in [4.78, 5) is 27.6. The number of nitrogens with one attached hydrogen (secondary N) is 1. The van der Waals surface area contributed by atoms with Crippen LogP contribution >= 0.6 is 15.9 Å². The number of carbonyl (C=O) groups is 1. The van der Waals surface area contributed by atoms with Gasteiger partial charge in [0, 0.05) is 25.1 Å². The highest BCUT2D eigenvalue weighted by Crippen LogP contribution is 2.12. The van der Waals surface area contributed by atoms with E-state index in [2.05, 4.69) is 26.2 Å². The molecule has 0 aliphatic heterocycles. The molecule has 0 bridgehead atoms. The third-order valence-corrected chi connectivity index (χ3v) is 3.14. The van der Waals surface area contributed by atoms with E-state index in [-0.39, 0.29) is 11.5 Å². The SMILES string of the molecule is Cc1ccc(C(=O)Nc2cc(Br)c(=O)n(C)c2)cn1. The van der Waals surface area contributed by atoms with E-state index in [1.807, 2.05) is 6.92 Å². The van der Waals surface area contributed by atoms with Crippen LogP contribution in [0.15, 0.2) is 39.9 Å². The maximum absolute atomic E-state index is 12.0. The van der Waals surface area contributed by atoms with Crippen molar-refractivity contribution in [3.05, 3.63) is 56.7 Å². The number of hydrogen-bond donors (Lipinski definition) is 1. The Morgan fingerprint density at radius 2 is 2.16 bits per heavy atom. The van der Waals surface area contributed by atoms with Crippen molar-refractivity contribution in [2.24, 2.45) is 7.05 Å². The predicted molar refractivity (Wildman–Crippen MR) is 76.3 cm³/mol. The highest BCUT2D eigenvalue weighted by molar-refractivity contribution is 9.10. The fourth-order valence-corrected chi connectivity index (χ4v) is 2.07. The summed E-state index contributed by atoms with van der Waals surface area (Å²) >= 11 is 3.16. The van der Waals surface area contributed by atoms with Gasteiger partial charge >= 0.3 is 0 Å². The Hall–Kier alpha value is -1.95. The average Bonchev–Trinajstić information content (AvgIpc) is 2.36. The molecule has 0 aromatic carbocycles. The second-order valence-electron chi connectivity index (χ2n) is 4.14. The number of aromatic nitrogens is 2. The van der Waals surface area contributed by atoms with Crippen molar-refractivity contribution in [2.75, 3.05) is 5.32 Å². The molecule has 0 saturated heterocycles. The van der Waals surface area contributed by atoms with Crippen LogP contribution in [0.2, 0.25) is 0 Å². The molecule has 2 rings (SSSR count). The maximum Gasteiger partial charge on any atom is 0.264 e. The van der Waals surface area contributed by atoms with Crippen molar-refractivity contribution < 1.29 is 4.79 Å². The lowest BCUT2D eigenvalue weighted by atomic mass is 10.2. The summed E-state index contributed by atoms with van der Waals surface area (Å²) < 4.78 is 1.79. The molecule has 98 valence electrons. The van der Waals surface area contributed by atoms with Gasteiger partial charge in [-0.25, -0.2) is 0 Å². The second-order valence-corrected chi connectivity index (χ2v) is 4.99. The number of anilines is 1. The number of carbonyl (C=O) groups excluding carboxylic acids is 1. The smallest absolute Gasteiger partial charge is 0.264 e. The maximum atomic E-state index is 12.0. The first kappa shape index (κ1) is 13.5. The molecule has 5 nitrogen and oxygen atoms in total. The summed E-state index contributed by atoms with van der Waals surface area (Å²) in [6.07, 6.45) is 3.08. The van der Waals surface area contributed by atoms with Gasteiger partial charge in [0.05, 0.1) is 15.7 Å². The normalized spacial score (nSPS) is 10.3. The van der Waals surface area contributed by atoms with Crippen LogP contribution in [0.1, 0.15) is 16.1 Å². The fourth-order valence-electron chi connectivity index (χ4n) is 1.55. The lowest BCUT2D eigenvalue weighted by molar-refractivity contribution is 0.102. The van der Waals surface area contributed by atoms with E-state index in [0.29, 0.717) is 15.7 Å². The summed E-state index contributed by atoms with van der Waals surface area (Å²) in [6, 6.07) is 5.04. The van der Waals surface area contributed by atoms with Crippen LogP contribution in [0.3, 0.4) is 0 Å². The second kappa shape index (κ2) is 5.36. The van der Waals surface area contributed by atoms with Crippen molar-refractivity contribution >= 4 is 27.5 Å². The number of rotatable bonds is 2. The third-order valence-electron chi connectivity index (χ3n) is 2.57. The molecule has 2 heterocycles. The molecule has 19 heavy (non-hydrogen) atoms. The zero-order chi connectivity index (χ0) is 14.0. The molecule has 0 saturated carbocycles. The molecule has 6 heteroatoms. The Bertz CT molecular complexity index is 651. The summed E-state index contributed by atoms with van der Waals surface area (Å²) in [7, 11) is 1.62. The topological polar surface area (TPSA) is 64.0 Å². The number of nitrogens with zero attached hydrogens (tertiary/aromatic N) is 2. The molecule has 0 unspecified atom stereocenters. The van der Waals surface area contributed by atoms with Gasteiger partial charge in [-0.05, 0) is 41.1 Å². The van der Waals surface area contributed by atoms with E-state index in [9.17, 15) is 9.59 Å². The average molecular weight is 322 g/mol. The van der Waals surface area contributed by atoms with Crippen LogP contribution in [0.5, 0.6) is 0 Å². The minimum absolute atomic E-state index is 0.157. The monoisotopic (exact) mass is 321 g/mol. The molecule has 0 aliphatic carbocycles. The van der Waals surface area contributed by atoms with Gasteiger partial charge in [0.25, 0.3) is 11.5 Å². The zero-order valence-corrected chi connectivity index (χ0v) is 12.1. The van der Waals surface area contributed by atoms with Gasteiger partial charge in [-0.15, -0.1) is 0 Å². The molecule has 0 radical (unpaired) electrons. The number of halogens is 1. The molecule has 0 fully saturated rings. The minimum atomic E-state index is -0.266. The first-order chi connectivity index (χ1) is 8.97. The quantitative estimate of drug-likeness (QED) is 0.921. The first-order valence-corrected chi connectivity index (χ1v) is 6.37. The van der Waals surface area contributed by atoms with E-state index in [0.717, 1.165) is 5.69 Å². The molecule has 2 aromatic heterocycles. The van der Waals surface area contributed by atoms with Crippen LogP contribution in [0, 0.1) is 6.92 Å². The standard InChI is InChI=1S/C13H12BrN3O2/c1-8-3-4-9(6-15-8)12(18)16-10-5-11(14)13(19)17(2)7-10/h3-7H,1-2H3,(H,16,18). The van der Waals surface area contributed by atoms with Crippen LogP contribution in [-0.4, -0.2) is 15.5 Å². The summed E-state index contributed by atoms with van der Waals surface area (Å²) in [5, 5.41) is 2.72. The molecule has 0 aliphatic rings. The molecule has 2 aromatic rings. The number of pyridine rings is 2. The van der Waals surface area contributed by atoms with E-state index in [1.54, 1.807) is 31.4 Å². The Morgan fingerprint density at radius 3 is 2.74 bits per heavy atom. The van der Waals surface area contributed by atoms with Gasteiger partial charge in [-0.1, -0.05) is 0 Å². The Morgan fingerprint density at radius 1 is 1.42 bits per heavy atom. The van der Waals surface area contributed by atoms with Crippen LogP contribution in [0.4, 0.5) is 5.69 Å². The van der Waals surface area contributed by atoms with Crippen molar-refractivity contribution in [1.29, 1.82) is 0 Å². The molecule has 0 atom stereocenters. The van der Waals surface area contributed by atoms with Gasteiger partial charge < -0.3 is 9.88 Å². The highest BCUT2D eigenvalue weighted by atomic mass is 79.9. The lowest BCUT2D eigenvalue weighted by Crippen LogP contribution is -2.19. The van der Waals surface area contributed by atoms with Crippen molar-refractivity contribution in [2.45, 2.75) is 6.92 Å². The highest BCUT2D eigenvalue weighted by Gasteiger charge is 2.08. The van der Waals surface area contributed by atoms with Crippen LogP contribution in [-0.2, 0) is 7.05 Å². The number of hydrogen-bond acceptors (Lipinski definition) is 3. The van der Waals surface area contributed by atoms with Crippen LogP contribution < -0.4 is 10.9 Å². The van der Waals surface area contributed by atoms with E-state index in [1.165, 1.54) is 10.8 Å². The van der Waals surface area contributed by atoms with Gasteiger partial charge in [0.1, 0.15) is 0 Å². The van der Waals surface area contributed by atoms with E-state index in [4.69, 9.17) is 0 Å². The minimum Gasteiger partial charge on any atom is -0.321 e. The third kappa shape index (κ3) is 3.08. The molecule has 0 spiro atoms. The largest absolute Gasteiger partial charge is 0.321 e. The fraction of sp³-hybridized carbons (Fsp3) is 0.154. The van der Waals surface area contributed by atoms with E-state index >= 15 is 0 Å². The Balaban J connectivity index is 2.24. The zero-order valence-electron chi connectivity index (χ0n) is 10.5.